The Labute approximate surface area is 131 Å². The van der Waals surface area contributed by atoms with Gasteiger partial charge in [0, 0.05) is 12.1 Å². The van der Waals surface area contributed by atoms with Crippen LogP contribution in [0.15, 0.2) is 24.3 Å². The molecule has 0 aliphatic carbocycles. The molecule has 116 valence electrons. The molecule has 5 N–H and O–H groups in total. The quantitative estimate of drug-likeness (QED) is 0.599. The predicted molar refractivity (Wildman–Crippen MR) is 82.5 cm³/mol. The zero-order valence-electron chi connectivity index (χ0n) is 11.7. The van der Waals surface area contributed by atoms with Crippen molar-refractivity contribution in [2.24, 2.45) is 0 Å². The van der Waals surface area contributed by atoms with E-state index in [-0.39, 0.29) is 12.1 Å². The highest BCUT2D eigenvalue weighted by atomic mass is 35.5. The van der Waals surface area contributed by atoms with Crippen molar-refractivity contribution in [3.63, 3.8) is 0 Å². The summed E-state index contributed by atoms with van der Waals surface area (Å²) < 4.78 is 26.7. The number of benzene rings is 2. The molecule has 0 fully saturated rings. The molecule has 1 amide bonds. The highest BCUT2D eigenvalue weighted by Crippen LogP contribution is 2.24. The van der Waals surface area contributed by atoms with Crippen LogP contribution in [0.5, 0.6) is 0 Å². The smallest absolute Gasteiger partial charge is 0.251 e. The molecule has 2 rings (SSSR count). The van der Waals surface area contributed by atoms with Crippen molar-refractivity contribution in [1.82, 2.24) is 5.32 Å². The third-order valence-electron chi connectivity index (χ3n) is 3.30. The summed E-state index contributed by atoms with van der Waals surface area (Å²) in [7, 11) is 0. The third-order valence-corrected chi connectivity index (χ3v) is 3.66. The van der Waals surface area contributed by atoms with Crippen LogP contribution in [0.1, 0.15) is 21.5 Å². The van der Waals surface area contributed by atoms with Crippen molar-refractivity contribution in [3.05, 3.63) is 57.6 Å². The van der Waals surface area contributed by atoms with E-state index in [2.05, 4.69) is 5.32 Å². The van der Waals surface area contributed by atoms with Crippen LogP contribution in [-0.2, 0) is 6.54 Å². The number of nitrogen functional groups attached to an aromatic ring is 2. The van der Waals surface area contributed by atoms with Gasteiger partial charge >= 0.3 is 0 Å². The van der Waals surface area contributed by atoms with Crippen molar-refractivity contribution in [2.75, 3.05) is 11.5 Å². The van der Waals surface area contributed by atoms with Crippen molar-refractivity contribution >= 4 is 28.9 Å². The molecule has 0 bridgehead atoms. The Bertz CT molecular complexity index is 727. The van der Waals surface area contributed by atoms with Gasteiger partial charge in [-0.3, -0.25) is 4.79 Å². The number of carbonyl (C=O) groups is 1. The van der Waals surface area contributed by atoms with E-state index in [0.29, 0.717) is 16.9 Å². The first-order valence-electron chi connectivity index (χ1n) is 6.37. The molecule has 2 aromatic rings. The first kappa shape index (κ1) is 16.0. The van der Waals surface area contributed by atoms with Gasteiger partial charge in [-0.25, -0.2) is 8.78 Å². The minimum absolute atomic E-state index is 0.0907. The van der Waals surface area contributed by atoms with E-state index in [0.717, 1.165) is 17.7 Å². The maximum Gasteiger partial charge on any atom is 0.251 e. The summed E-state index contributed by atoms with van der Waals surface area (Å²) >= 11 is 5.37. The number of aryl methyl sites for hydroxylation is 1. The van der Waals surface area contributed by atoms with Gasteiger partial charge in [-0.1, -0.05) is 17.7 Å². The van der Waals surface area contributed by atoms with Crippen molar-refractivity contribution in [1.29, 1.82) is 0 Å². The fourth-order valence-electron chi connectivity index (χ4n) is 1.98. The number of amides is 1. The zero-order chi connectivity index (χ0) is 16.4. The monoisotopic (exact) mass is 325 g/mol. The van der Waals surface area contributed by atoms with Gasteiger partial charge in [-0.15, -0.1) is 0 Å². The summed E-state index contributed by atoms with van der Waals surface area (Å²) in [6.45, 7) is 1.91. The van der Waals surface area contributed by atoms with Gasteiger partial charge < -0.3 is 16.8 Å². The number of rotatable bonds is 3. The molecule has 2 aromatic carbocycles. The topological polar surface area (TPSA) is 81.1 Å². The number of halogens is 3. The maximum atomic E-state index is 13.4. The van der Waals surface area contributed by atoms with Gasteiger partial charge in [0.05, 0.1) is 11.4 Å². The average molecular weight is 326 g/mol. The summed E-state index contributed by atoms with van der Waals surface area (Å²) in [6.07, 6.45) is 0. The van der Waals surface area contributed by atoms with Gasteiger partial charge in [-0.2, -0.15) is 0 Å². The highest BCUT2D eigenvalue weighted by Gasteiger charge is 2.14. The molecule has 0 radical (unpaired) electrons. The second-order valence-electron chi connectivity index (χ2n) is 4.80. The van der Waals surface area contributed by atoms with Gasteiger partial charge in [-0.05, 0) is 36.2 Å². The highest BCUT2D eigenvalue weighted by molar-refractivity contribution is 6.31. The Morgan fingerprint density at radius 3 is 2.41 bits per heavy atom. The fourth-order valence-corrected chi connectivity index (χ4v) is 2.09. The summed E-state index contributed by atoms with van der Waals surface area (Å²) in [5, 5.41) is 1.90. The minimum Gasteiger partial charge on any atom is -0.397 e. The Morgan fingerprint density at radius 1 is 1.23 bits per heavy atom. The van der Waals surface area contributed by atoms with Crippen molar-refractivity contribution in [3.8, 4) is 0 Å². The Morgan fingerprint density at radius 2 is 1.82 bits per heavy atom. The molecule has 0 aliphatic rings. The molecular weight excluding hydrogens is 312 g/mol. The molecule has 0 spiro atoms. The second-order valence-corrected chi connectivity index (χ2v) is 5.18. The number of nitrogens with one attached hydrogen (secondary N) is 1. The Kier molecular flexibility index (Phi) is 4.51. The van der Waals surface area contributed by atoms with E-state index in [1.807, 2.05) is 6.92 Å². The van der Waals surface area contributed by atoms with Crippen molar-refractivity contribution in [2.45, 2.75) is 13.5 Å². The van der Waals surface area contributed by atoms with Gasteiger partial charge in [0.15, 0.2) is 0 Å². The molecule has 4 nitrogen and oxygen atoms in total. The van der Waals surface area contributed by atoms with Crippen LogP contribution in [0.25, 0.3) is 0 Å². The SMILES string of the molecule is Cc1ccc(N)c(N)c1CNC(=O)c1cc(F)c(Cl)c(F)c1. The molecule has 7 heteroatoms. The zero-order valence-corrected chi connectivity index (χ0v) is 12.5. The molecule has 0 aliphatic heterocycles. The van der Waals surface area contributed by atoms with Crippen LogP contribution in [0.3, 0.4) is 0 Å². The van der Waals surface area contributed by atoms with Crippen LogP contribution in [0, 0.1) is 18.6 Å². The molecule has 22 heavy (non-hydrogen) atoms. The molecule has 0 atom stereocenters. The summed E-state index contributed by atoms with van der Waals surface area (Å²) in [6, 6.07) is 5.18. The van der Waals surface area contributed by atoms with E-state index >= 15 is 0 Å². The molecule has 0 saturated carbocycles. The maximum absolute atomic E-state index is 13.4. The molecule has 0 saturated heterocycles. The number of hydrogen-bond acceptors (Lipinski definition) is 3. The van der Waals surface area contributed by atoms with Crippen molar-refractivity contribution < 1.29 is 13.6 Å². The normalized spacial score (nSPS) is 10.5. The Balaban J connectivity index is 2.19. The third kappa shape index (κ3) is 3.12. The summed E-state index contributed by atoms with van der Waals surface area (Å²) in [5.41, 5.74) is 13.7. The summed E-state index contributed by atoms with van der Waals surface area (Å²) in [4.78, 5) is 12.0. The average Bonchev–Trinajstić information content (AvgIpc) is 2.48. The van der Waals surface area contributed by atoms with E-state index < -0.39 is 22.6 Å². The largest absolute Gasteiger partial charge is 0.397 e. The van der Waals surface area contributed by atoms with E-state index in [4.69, 9.17) is 23.1 Å². The van der Waals surface area contributed by atoms with Gasteiger partial charge in [0.25, 0.3) is 5.91 Å². The van der Waals surface area contributed by atoms with E-state index in [1.165, 1.54) is 0 Å². The minimum atomic E-state index is -0.994. The van der Waals surface area contributed by atoms with Crippen LogP contribution in [0.4, 0.5) is 20.2 Å². The van der Waals surface area contributed by atoms with Gasteiger partial charge in [0.1, 0.15) is 16.7 Å². The Hall–Kier alpha value is -2.34. The lowest BCUT2D eigenvalue weighted by Crippen LogP contribution is -2.24. The lowest BCUT2D eigenvalue weighted by atomic mass is 10.0. The standard InChI is InChI=1S/C15H14ClF2N3O/c1-7-2-3-12(19)14(20)9(7)6-21-15(22)8-4-10(17)13(16)11(18)5-8/h2-5H,6,19-20H2,1H3,(H,21,22). The second kappa shape index (κ2) is 6.19. The molecule has 0 heterocycles. The van der Waals surface area contributed by atoms with Gasteiger partial charge in [0.2, 0.25) is 0 Å². The first-order valence-corrected chi connectivity index (χ1v) is 6.75. The van der Waals surface area contributed by atoms with Crippen LogP contribution in [0.2, 0.25) is 5.02 Å². The molecule has 0 unspecified atom stereocenters. The first-order chi connectivity index (χ1) is 10.3. The lowest BCUT2D eigenvalue weighted by Gasteiger charge is -2.13. The number of carbonyl (C=O) groups excluding carboxylic acids is 1. The lowest BCUT2D eigenvalue weighted by molar-refractivity contribution is 0.0950. The van der Waals surface area contributed by atoms with E-state index in [1.54, 1.807) is 12.1 Å². The van der Waals surface area contributed by atoms with Crippen LogP contribution in [-0.4, -0.2) is 5.91 Å². The summed E-state index contributed by atoms with van der Waals surface area (Å²) in [5.74, 6) is -2.63. The molecular formula is C15H14ClF2N3O. The predicted octanol–water partition coefficient (Wildman–Crippen LogP) is 3.02. The van der Waals surface area contributed by atoms with Crippen LogP contribution < -0.4 is 16.8 Å². The van der Waals surface area contributed by atoms with Crippen LogP contribution >= 0.6 is 11.6 Å². The van der Waals surface area contributed by atoms with E-state index in [9.17, 15) is 13.6 Å². The number of anilines is 2. The number of hydrogen-bond donors (Lipinski definition) is 3. The fraction of sp³-hybridized carbons (Fsp3) is 0.133. The number of nitrogens with two attached hydrogens (primary N) is 2. The molecule has 0 aromatic heterocycles.